The zero-order valence-corrected chi connectivity index (χ0v) is 94.3. The molecule has 10 aromatic rings. The lowest BCUT2D eigenvalue weighted by atomic mass is 9.88. The average molecular weight is 2480 g/mol. The van der Waals surface area contributed by atoms with Crippen LogP contribution in [-0.2, 0) is 97.5 Å². The molecule has 0 unspecified atom stereocenters. The number of aromatic nitrogens is 6. The number of aryl methyl sites for hydroxylation is 10. The van der Waals surface area contributed by atoms with Crippen molar-refractivity contribution in [2.75, 3.05) is 78.5 Å². The standard InChI is InChI=1S/2C28H31Br2ClN4O.2C27H25Br2ClN3O/c2*1-17(32)34-8-4-18(5-9-34)12-25(36)35-10-6-19(7-11-35)27-26-20(14-23(31)15-24(26)30)2-3-21-13-22(29)16-33-28(21)27;2*1-32-8-4-17(5-9-32)12-24(34)33-10-6-18(7-11-33)26-25-19(14-22(30)15-23(25)29)2-3-20-13-21(28)16-31-27(20)26/h2*13-16,18H,1-12,32H2;2*4-5,8-9,13-16H,2-3,6-7,10-12H2,1H3/q;;2*+1. The van der Waals surface area contributed by atoms with E-state index in [-0.39, 0.29) is 23.6 Å². The second-order valence-corrected chi connectivity index (χ2v) is 46.9. The second kappa shape index (κ2) is 46.8. The van der Waals surface area contributed by atoms with E-state index in [9.17, 15) is 19.2 Å². The molecule has 6 aliphatic heterocycles. The van der Waals surface area contributed by atoms with E-state index >= 15 is 0 Å². The minimum Gasteiger partial charge on any atom is -0.386 e. The van der Waals surface area contributed by atoms with Gasteiger partial charge >= 0.3 is 0 Å². The smallest absolute Gasteiger partial charge is 0.227 e. The Labute approximate surface area is 908 Å². The van der Waals surface area contributed by atoms with Crippen molar-refractivity contribution in [3.05, 3.63) is 350 Å². The third kappa shape index (κ3) is 24.8. The first kappa shape index (κ1) is 104. The van der Waals surface area contributed by atoms with Gasteiger partial charge in [-0.25, -0.2) is 9.13 Å². The third-order valence-electron chi connectivity index (χ3n) is 28.9. The molecular formula is C110H112Br8Cl4N14O4+2. The summed E-state index contributed by atoms with van der Waals surface area (Å²) in [6.07, 6.45) is 35.7. The van der Waals surface area contributed by atoms with Crippen LogP contribution in [0.4, 0.5) is 0 Å². The van der Waals surface area contributed by atoms with Crippen LogP contribution >= 0.6 is 174 Å². The van der Waals surface area contributed by atoms with E-state index in [4.69, 9.17) is 77.8 Å². The number of nitrogens with zero attached hydrogens (tertiary/aromatic N) is 12. The lowest BCUT2D eigenvalue weighted by Gasteiger charge is -2.35. The number of benzene rings is 4. The molecule has 140 heavy (non-hydrogen) atoms. The van der Waals surface area contributed by atoms with Crippen LogP contribution in [0.1, 0.15) is 191 Å². The van der Waals surface area contributed by atoms with Crippen LogP contribution < -0.4 is 20.6 Å². The summed E-state index contributed by atoms with van der Waals surface area (Å²) in [5.41, 5.74) is 43.1. The van der Waals surface area contributed by atoms with E-state index in [1.807, 2.05) is 131 Å². The molecule has 30 heteroatoms. The molecule has 4 amide bonds. The van der Waals surface area contributed by atoms with Crippen LogP contribution in [0.2, 0.25) is 20.1 Å². The molecule has 10 aliphatic rings. The highest BCUT2D eigenvalue weighted by Crippen LogP contribution is 2.49. The van der Waals surface area contributed by atoms with Gasteiger partial charge in [0.25, 0.3) is 0 Å². The Morgan fingerprint density at radius 2 is 0.543 bits per heavy atom. The molecule has 0 atom stereocenters. The SMILES string of the molecule is C=C(N)N1CCC(CC(=O)N2CCC(=C3c4ncc(Br)cc4CCc4cc(Cl)cc(Br)c43)CC2)CC1.C=C(N)N1CCC(CC(=O)N2CCC(=C3c4ncc(Br)cc4CCc4cc(Cl)cc(Br)c43)CC2)CC1.C[n+]1ccc(CC(=O)N2CCC(=C3c4ncc(Br)cc4CCc4cc(Cl)cc(Br)c43)CC2)cc1.C[n+]1ccc(CC(=O)N2CCC(=C3c4ncc(Br)cc4CCc4cc(Cl)cc(Br)c43)CC2)cc1. The zero-order valence-electron chi connectivity index (χ0n) is 78.6. The Morgan fingerprint density at radius 3 is 0.771 bits per heavy atom. The van der Waals surface area contributed by atoms with Gasteiger partial charge in [-0.15, -0.1) is 0 Å². The molecular weight excluding hydrogens is 2360 g/mol. The molecule has 20 rings (SSSR count). The van der Waals surface area contributed by atoms with Crippen molar-refractivity contribution in [2.24, 2.45) is 37.4 Å². The van der Waals surface area contributed by atoms with Gasteiger partial charge in [-0.05, 0) is 332 Å². The molecule has 0 spiro atoms. The number of carbonyl (C=O) groups is 4. The maximum atomic E-state index is 13.2. The lowest BCUT2D eigenvalue weighted by molar-refractivity contribution is -0.671. The summed E-state index contributed by atoms with van der Waals surface area (Å²) < 4.78 is 12.0. The number of halogens is 12. The van der Waals surface area contributed by atoms with Gasteiger partial charge in [-0.1, -0.05) is 146 Å². The molecule has 728 valence electrons. The van der Waals surface area contributed by atoms with Crippen LogP contribution in [0.3, 0.4) is 0 Å². The Kier molecular flexibility index (Phi) is 34.7. The highest BCUT2D eigenvalue weighted by atomic mass is 79.9. The van der Waals surface area contributed by atoms with Crippen molar-refractivity contribution in [1.29, 1.82) is 0 Å². The lowest BCUT2D eigenvalue weighted by Crippen LogP contribution is -2.40. The number of pyridine rings is 6. The van der Waals surface area contributed by atoms with Gasteiger partial charge in [0, 0.05) is 241 Å². The maximum absolute atomic E-state index is 13.2. The van der Waals surface area contributed by atoms with Crippen molar-refractivity contribution in [3.8, 4) is 0 Å². The predicted octanol–water partition coefficient (Wildman–Crippen LogP) is 24.3. The fourth-order valence-electron chi connectivity index (χ4n) is 21.5. The molecule has 6 fully saturated rings. The quantitative estimate of drug-likeness (QED) is 0.123. The Bertz CT molecular complexity index is 6220. The third-order valence-corrected chi connectivity index (χ3v) is 34.1. The number of fused-ring (bicyclic) bond motifs is 8. The number of likely N-dealkylation sites (tertiary alicyclic amines) is 6. The monoisotopic (exact) mass is 2460 g/mol. The van der Waals surface area contributed by atoms with Gasteiger partial charge in [0.15, 0.2) is 24.8 Å². The number of amides is 4. The Balaban J connectivity index is 0.000000129. The number of hydrogen-bond acceptors (Lipinski definition) is 12. The number of carbonyl (C=O) groups excluding carboxylic acids is 4. The highest BCUT2D eigenvalue weighted by Gasteiger charge is 2.37. The molecule has 0 radical (unpaired) electrons. The van der Waals surface area contributed by atoms with Gasteiger partial charge in [-0.2, -0.15) is 0 Å². The summed E-state index contributed by atoms with van der Waals surface area (Å²) in [7, 11) is 3.96. The molecule has 4 aromatic carbocycles. The van der Waals surface area contributed by atoms with Crippen LogP contribution in [0.5, 0.6) is 0 Å². The predicted molar refractivity (Wildman–Crippen MR) is 588 cm³/mol. The maximum Gasteiger partial charge on any atom is 0.227 e. The number of nitrogens with two attached hydrogens (primary N) is 2. The topological polar surface area (TPSA) is 199 Å². The van der Waals surface area contributed by atoms with E-state index < -0.39 is 0 Å². The first-order chi connectivity index (χ1) is 67.4. The molecule has 4 aliphatic carbocycles. The molecule has 4 N–H and O–H groups in total. The Hall–Kier alpha value is -7.70. The number of rotatable bonds is 10. The van der Waals surface area contributed by atoms with Gasteiger partial charge in [0.1, 0.15) is 14.1 Å². The first-order valence-corrected chi connectivity index (χ1v) is 56.0. The second-order valence-electron chi connectivity index (χ2n) is 38.1. The fourth-order valence-corrected chi connectivity index (χ4v) is 27.3. The summed E-state index contributed by atoms with van der Waals surface area (Å²) in [6.45, 7) is 17.2. The van der Waals surface area contributed by atoms with Crippen molar-refractivity contribution in [2.45, 2.75) is 154 Å². The van der Waals surface area contributed by atoms with Gasteiger partial charge in [0.2, 0.25) is 23.6 Å². The van der Waals surface area contributed by atoms with Crippen molar-refractivity contribution in [3.63, 3.8) is 0 Å². The van der Waals surface area contributed by atoms with Gasteiger partial charge in [-0.3, -0.25) is 39.1 Å². The number of piperidine rings is 6. The van der Waals surface area contributed by atoms with Crippen molar-refractivity contribution >= 4 is 220 Å². The summed E-state index contributed by atoms with van der Waals surface area (Å²) >= 11 is 55.3. The fraction of sp³-hybridized carbons (Fsp3) is 0.364. The van der Waals surface area contributed by atoms with Crippen molar-refractivity contribution in [1.82, 2.24) is 49.3 Å². The summed E-state index contributed by atoms with van der Waals surface area (Å²) in [5.74, 6) is 3.06. The molecule has 6 saturated heterocycles. The summed E-state index contributed by atoms with van der Waals surface area (Å²) in [4.78, 5) is 84.1. The van der Waals surface area contributed by atoms with Crippen LogP contribution in [-0.4, -0.2) is 152 Å². The van der Waals surface area contributed by atoms with Crippen LogP contribution in [0, 0.1) is 11.8 Å². The highest BCUT2D eigenvalue weighted by molar-refractivity contribution is 9.11. The molecule has 6 aromatic heterocycles. The average Bonchev–Trinajstić information content (AvgIpc) is 1.58. The van der Waals surface area contributed by atoms with E-state index in [0.29, 0.717) is 49.2 Å². The zero-order chi connectivity index (χ0) is 98.4. The van der Waals surface area contributed by atoms with Gasteiger partial charge < -0.3 is 40.9 Å². The van der Waals surface area contributed by atoms with E-state index in [0.717, 1.165) is 297 Å². The Morgan fingerprint density at radius 1 is 0.321 bits per heavy atom. The minimum atomic E-state index is 0.189. The van der Waals surface area contributed by atoms with Crippen LogP contribution in [0.15, 0.2) is 230 Å². The van der Waals surface area contributed by atoms with Gasteiger partial charge in [0.05, 0.1) is 47.3 Å². The molecule has 18 nitrogen and oxygen atoms in total. The summed E-state index contributed by atoms with van der Waals surface area (Å²) in [5, 5.41) is 2.97. The van der Waals surface area contributed by atoms with E-state index in [1.165, 1.54) is 111 Å². The first-order valence-electron chi connectivity index (χ1n) is 48.2. The van der Waals surface area contributed by atoms with Crippen molar-refractivity contribution < 1.29 is 28.3 Å². The summed E-state index contributed by atoms with van der Waals surface area (Å²) in [6, 6.07) is 33.1. The van der Waals surface area contributed by atoms with E-state index in [2.05, 4.69) is 209 Å². The minimum absolute atomic E-state index is 0.189. The van der Waals surface area contributed by atoms with E-state index in [1.54, 1.807) is 0 Å². The normalized spacial score (nSPS) is 17.1. The molecule has 0 bridgehead atoms. The number of hydrogen-bond donors (Lipinski definition) is 2. The van der Waals surface area contributed by atoms with Crippen LogP contribution in [0.25, 0.3) is 22.3 Å². The molecule has 12 heterocycles. The largest absolute Gasteiger partial charge is 0.386 e. The molecule has 0 saturated carbocycles.